The number of benzene rings is 1. The van der Waals surface area contributed by atoms with Crippen LogP contribution in [0.2, 0.25) is 0 Å². The highest BCUT2D eigenvalue weighted by molar-refractivity contribution is 5.91. The molecule has 1 saturated carbocycles. The molecule has 3 heterocycles. The van der Waals surface area contributed by atoms with Crippen molar-refractivity contribution in [3.05, 3.63) is 54.1 Å². The molecular formula is C20H21FN4O. The van der Waals surface area contributed by atoms with E-state index in [1.54, 1.807) is 31.5 Å². The predicted octanol–water partition coefficient (Wildman–Crippen LogP) is 4.16. The average Bonchev–Trinajstić information content (AvgIpc) is 2.65. The first-order valence-corrected chi connectivity index (χ1v) is 8.85. The van der Waals surface area contributed by atoms with Crippen molar-refractivity contribution in [3.8, 4) is 11.4 Å². The lowest BCUT2D eigenvalue weighted by molar-refractivity contribution is 0.115. The number of piperidine rings is 2. The Morgan fingerprint density at radius 1 is 1.31 bits per heavy atom. The van der Waals surface area contributed by atoms with E-state index in [1.807, 2.05) is 4.90 Å². The summed E-state index contributed by atoms with van der Waals surface area (Å²) in [6.45, 7) is 6.58. The number of carbonyl (C=O) groups excluding carboxylic acids is 1. The lowest BCUT2D eigenvalue weighted by atomic mass is 9.77. The van der Waals surface area contributed by atoms with Gasteiger partial charge in [-0.25, -0.2) is 19.2 Å². The first-order valence-electron chi connectivity index (χ1n) is 8.85. The quantitative estimate of drug-likeness (QED) is 0.826. The van der Waals surface area contributed by atoms with E-state index in [0.29, 0.717) is 23.9 Å². The average molecular weight is 352 g/mol. The first-order chi connectivity index (χ1) is 12.5. The number of nitrogens with zero attached hydrogens (tertiary/aromatic N) is 3. The molecule has 134 valence electrons. The van der Waals surface area contributed by atoms with Gasteiger partial charge in [0.2, 0.25) is 0 Å². The Balaban J connectivity index is 1.58. The fourth-order valence-corrected chi connectivity index (χ4v) is 3.93. The Bertz CT molecular complexity index is 868. The van der Waals surface area contributed by atoms with Gasteiger partial charge in [0.15, 0.2) is 5.82 Å². The molecule has 1 unspecified atom stereocenters. The molecule has 0 spiro atoms. The Hall–Kier alpha value is -2.76. The van der Waals surface area contributed by atoms with E-state index < -0.39 is 5.82 Å². The summed E-state index contributed by atoms with van der Waals surface area (Å²) >= 11 is 0. The molecule has 2 bridgehead atoms. The standard InChI is InChI=1S/C20H21FN4O/c1-12-8-15-5-4-14(12)11-25(15)20(26)24-18-10-16(13(2)9-17(18)21)19-22-6-3-7-23-19/h3,6-7,9-10,14-15H,1,4-5,8,11H2,2H3,(H,24,26)/t14?,15-/m0/s1. The summed E-state index contributed by atoms with van der Waals surface area (Å²) in [5, 5.41) is 2.74. The van der Waals surface area contributed by atoms with Crippen LogP contribution in [0.3, 0.4) is 0 Å². The number of urea groups is 1. The molecule has 3 fully saturated rings. The van der Waals surface area contributed by atoms with Crippen LogP contribution in [-0.2, 0) is 0 Å². The van der Waals surface area contributed by atoms with Crippen LogP contribution in [-0.4, -0.2) is 33.5 Å². The number of halogens is 1. The summed E-state index contributed by atoms with van der Waals surface area (Å²) in [5.41, 5.74) is 2.81. The van der Waals surface area contributed by atoms with Gasteiger partial charge in [0.25, 0.3) is 0 Å². The minimum Gasteiger partial charge on any atom is -0.321 e. The predicted molar refractivity (Wildman–Crippen MR) is 98.2 cm³/mol. The Labute approximate surface area is 152 Å². The minimum absolute atomic E-state index is 0.156. The van der Waals surface area contributed by atoms with Crippen LogP contribution in [0.15, 0.2) is 42.7 Å². The van der Waals surface area contributed by atoms with Gasteiger partial charge in [-0.1, -0.05) is 12.2 Å². The third-order valence-electron chi connectivity index (χ3n) is 5.40. The Morgan fingerprint density at radius 2 is 2.08 bits per heavy atom. The van der Waals surface area contributed by atoms with E-state index in [9.17, 15) is 9.18 Å². The maximum absolute atomic E-state index is 14.4. The van der Waals surface area contributed by atoms with E-state index in [0.717, 1.165) is 24.8 Å². The molecule has 2 aliphatic heterocycles. The van der Waals surface area contributed by atoms with Crippen LogP contribution in [0.1, 0.15) is 24.8 Å². The molecule has 5 rings (SSSR count). The molecule has 2 saturated heterocycles. The number of hydrogen-bond acceptors (Lipinski definition) is 3. The summed E-state index contributed by atoms with van der Waals surface area (Å²) in [4.78, 5) is 23.0. The molecule has 1 N–H and O–H groups in total. The van der Waals surface area contributed by atoms with Gasteiger partial charge in [0, 0.05) is 30.5 Å². The van der Waals surface area contributed by atoms with Gasteiger partial charge < -0.3 is 10.2 Å². The molecule has 1 aromatic carbocycles. The van der Waals surface area contributed by atoms with Crippen molar-refractivity contribution in [1.82, 2.24) is 14.9 Å². The number of hydrogen-bond donors (Lipinski definition) is 1. The smallest absolute Gasteiger partial charge is 0.321 e. The summed E-state index contributed by atoms with van der Waals surface area (Å²) in [6.07, 6.45) is 6.19. The second kappa shape index (κ2) is 6.52. The van der Waals surface area contributed by atoms with Gasteiger partial charge in [-0.3, -0.25) is 0 Å². The van der Waals surface area contributed by atoms with Crippen molar-refractivity contribution in [2.45, 2.75) is 32.2 Å². The second-order valence-corrected chi connectivity index (χ2v) is 7.09. The molecule has 5 nitrogen and oxygen atoms in total. The van der Waals surface area contributed by atoms with E-state index in [2.05, 4.69) is 21.9 Å². The number of amides is 2. The zero-order valence-corrected chi connectivity index (χ0v) is 14.7. The van der Waals surface area contributed by atoms with Gasteiger partial charge in [-0.05, 0) is 55.9 Å². The molecule has 2 atom stereocenters. The summed E-state index contributed by atoms with van der Waals surface area (Å²) in [6, 6.07) is 4.65. The second-order valence-electron chi connectivity index (χ2n) is 7.09. The van der Waals surface area contributed by atoms with Crippen LogP contribution in [0, 0.1) is 18.7 Å². The highest BCUT2D eigenvalue weighted by Gasteiger charge is 2.38. The monoisotopic (exact) mass is 352 g/mol. The van der Waals surface area contributed by atoms with Crippen molar-refractivity contribution in [2.75, 3.05) is 11.9 Å². The third kappa shape index (κ3) is 2.96. The number of carbonyl (C=O) groups is 1. The normalized spacial score (nSPS) is 21.8. The minimum atomic E-state index is -0.456. The summed E-state index contributed by atoms with van der Waals surface area (Å²) in [7, 11) is 0. The Morgan fingerprint density at radius 3 is 2.73 bits per heavy atom. The maximum Gasteiger partial charge on any atom is 0.322 e. The van der Waals surface area contributed by atoms with E-state index in [4.69, 9.17) is 0 Å². The zero-order chi connectivity index (χ0) is 18.3. The van der Waals surface area contributed by atoms with Gasteiger partial charge in [-0.15, -0.1) is 0 Å². The molecule has 2 aromatic rings. The number of nitrogens with one attached hydrogen (secondary N) is 1. The van der Waals surface area contributed by atoms with Crippen molar-refractivity contribution < 1.29 is 9.18 Å². The molecule has 1 aliphatic carbocycles. The number of rotatable bonds is 2. The first kappa shape index (κ1) is 16.7. The number of aromatic nitrogens is 2. The molecular weight excluding hydrogens is 331 g/mol. The number of fused-ring (bicyclic) bond motifs is 3. The van der Waals surface area contributed by atoms with Crippen molar-refractivity contribution in [3.63, 3.8) is 0 Å². The van der Waals surface area contributed by atoms with E-state index in [1.165, 1.54) is 11.6 Å². The third-order valence-corrected chi connectivity index (χ3v) is 5.40. The molecule has 26 heavy (non-hydrogen) atoms. The molecule has 0 radical (unpaired) electrons. The SMILES string of the molecule is C=C1C[C@@H]2CCC1CN2C(=O)Nc1cc(-c2ncccn2)c(C)cc1F. The maximum atomic E-state index is 14.4. The topological polar surface area (TPSA) is 58.1 Å². The van der Waals surface area contributed by atoms with Crippen LogP contribution >= 0.6 is 0 Å². The van der Waals surface area contributed by atoms with E-state index in [-0.39, 0.29) is 17.8 Å². The van der Waals surface area contributed by atoms with Gasteiger partial charge in [-0.2, -0.15) is 0 Å². The van der Waals surface area contributed by atoms with Crippen LogP contribution in [0.5, 0.6) is 0 Å². The number of anilines is 1. The largest absolute Gasteiger partial charge is 0.322 e. The van der Waals surface area contributed by atoms with Crippen molar-refractivity contribution in [1.29, 1.82) is 0 Å². The van der Waals surface area contributed by atoms with Gasteiger partial charge in [0.1, 0.15) is 5.82 Å². The highest BCUT2D eigenvalue weighted by atomic mass is 19.1. The summed E-state index contributed by atoms with van der Waals surface area (Å²) < 4.78 is 14.4. The lowest BCUT2D eigenvalue weighted by Crippen LogP contribution is -2.53. The van der Waals surface area contributed by atoms with Gasteiger partial charge in [0.05, 0.1) is 5.69 Å². The van der Waals surface area contributed by atoms with Gasteiger partial charge >= 0.3 is 6.03 Å². The molecule has 2 amide bonds. The molecule has 1 aromatic heterocycles. The fraction of sp³-hybridized carbons (Fsp3) is 0.350. The Kier molecular flexibility index (Phi) is 4.18. The highest BCUT2D eigenvalue weighted by Crippen LogP contribution is 2.38. The van der Waals surface area contributed by atoms with Crippen molar-refractivity contribution >= 4 is 11.7 Å². The van der Waals surface area contributed by atoms with Crippen LogP contribution < -0.4 is 5.32 Å². The van der Waals surface area contributed by atoms with E-state index >= 15 is 0 Å². The van der Waals surface area contributed by atoms with Crippen LogP contribution in [0.4, 0.5) is 14.9 Å². The summed E-state index contributed by atoms with van der Waals surface area (Å²) in [5.74, 6) is 0.415. The van der Waals surface area contributed by atoms with Crippen molar-refractivity contribution in [2.24, 2.45) is 5.92 Å². The fourth-order valence-electron chi connectivity index (χ4n) is 3.93. The molecule has 6 heteroatoms. The van der Waals surface area contributed by atoms with Crippen LogP contribution in [0.25, 0.3) is 11.4 Å². The zero-order valence-electron chi connectivity index (χ0n) is 14.7. The number of aryl methyl sites for hydroxylation is 1. The lowest BCUT2D eigenvalue weighted by Gasteiger charge is -2.46. The molecule has 3 aliphatic rings.